The quantitative estimate of drug-likeness (QED) is 0.176. The third-order valence-electron chi connectivity index (χ3n) is 6.09. The maximum absolute atomic E-state index is 12.4. The molecule has 1 aliphatic rings. The van der Waals surface area contributed by atoms with E-state index in [1.807, 2.05) is 30.3 Å². The molecule has 3 aromatic rings. The van der Waals surface area contributed by atoms with Gasteiger partial charge in [-0.2, -0.15) is 0 Å². The van der Waals surface area contributed by atoms with Crippen LogP contribution in [0, 0.1) is 6.92 Å². The molecule has 2 aromatic carbocycles. The van der Waals surface area contributed by atoms with Crippen LogP contribution in [0.25, 0.3) is 0 Å². The number of benzene rings is 2. The van der Waals surface area contributed by atoms with E-state index in [0.29, 0.717) is 34.8 Å². The number of aromatic nitrogens is 2. The maximum Gasteiger partial charge on any atom is 0.251 e. The first-order valence-electron chi connectivity index (χ1n) is 12.1. The van der Waals surface area contributed by atoms with Gasteiger partial charge in [0.05, 0.1) is 0 Å². The number of ether oxygens (including phenoxy) is 1. The molecular weight excluding hydrogens is 494 g/mol. The fourth-order valence-electron chi connectivity index (χ4n) is 4.18. The number of para-hydroxylation sites is 1. The standard InChI is InChI=1S/C27H32ClN5O2S/c1-20-7-3-4-10-23(20)32-12-14-33(15-13-32)25-18-24(28)30-27(31-25)36-19-21-8-5-9-22(17-21)26(34)29-11-6-16-35-2/h3-5,7-10,17-18H,6,11-16,19H2,1-2H3,(H,29,34). The second-order valence-electron chi connectivity index (χ2n) is 8.68. The number of aryl methyl sites for hydroxylation is 1. The number of methoxy groups -OCH3 is 1. The Morgan fingerprint density at radius 2 is 1.83 bits per heavy atom. The Hall–Kier alpha value is -2.81. The molecule has 7 nitrogen and oxygen atoms in total. The molecule has 1 N–H and O–H groups in total. The SMILES string of the molecule is COCCCNC(=O)c1cccc(CSc2nc(Cl)cc(N3CCN(c4ccccc4C)CC3)n2)c1. The monoisotopic (exact) mass is 525 g/mol. The number of carbonyl (C=O) groups excluding carboxylic acids is 1. The summed E-state index contributed by atoms with van der Waals surface area (Å²) in [6.45, 7) is 6.96. The topological polar surface area (TPSA) is 70.6 Å². The number of thioether (sulfide) groups is 1. The Balaban J connectivity index is 1.35. The highest BCUT2D eigenvalue weighted by Gasteiger charge is 2.20. The van der Waals surface area contributed by atoms with Gasteiger partial charge in [0.1, 0.15) is 11.0 Å². The van der Waals surface area contributed by atoms with E-state index in [0.717, 1.165) is 44.0 Å². The van der Waals surface area contributed by atoms with Gasteiger partial charge in [-0.15, -0.1) is 0 Å². The average Bonchev–Trinajstić information content (AvgIpc) is 2.90. The molecule has 0 bridgehead atoms. The Kier molecular flexibility index (Phi) is 9.44. The lowest BCUT2D eigenvalue weighted by molar-refractivity contribution is 0.0948. The Labute approximate surface area is 222 Å². The third kappa shape index (κ3) is 7.12. The Bertz CT molecular complexity index is 1170. The molecule has 0 saturated carbocycles. The average molecular weight is 526 g/mol. The summed E-state index contributed by atoms with van der Waals surface area (Å²) in [5.41, 5.74) is 4.26. The minimum atomic E-state index is -0.0796. The first-order chi connectivity index (χ1) is 17.5. The molecule has 2 heterocycles. The minimum Gasteiger partial charge on any atom is -0.385 e. The summed E-state index contributed by atoms with van der Waals surface area (Å²) >= 11 is 7.89. The van der Waals surface area contributed by atoms with Gasteiger partial charge in [0.15, 0.2) is 5.16 Å². The molecule has 4 rings (SSSR count). The van der Waals surface area contributed by atoms with Crippen LogP contribution in [0.1, 0.15) is 27.9 Å². The highest BCUT2D eigenvalue weighted by molar-refractivity contribution is 7.98. The van der Waals surface area contributed by atoms with E-state index in [9.17, 15) is 4.79 Å². The summed E-state index contributed by atoms with van der Waals surface area (Å²) in [6, 6.07) is 18.0. The predicted octanol–water partition coefficient (Wildman–Crippen LogP) is 4.82. The molecule has 0 unspecified atom stereocenters. The van der Waals surface area contributed by atoms with Crippen molar-refractivity contribution in [2.75, 3.05) is 56.2 Å². The largest absolute Gasteiger partial charge is 0.385 e. The van der Waals surface area contributed by atoms with E-state index in [1.165, 1.54) is 23.0 Å². The number of hydrogen-bond donors (Lipinski definition) is 1. The van der Waals surface area contributed by atoms with Crippen LogP contribution in [0.2, 0.25) is 5.15 Å². The Morgan fingerprint density at radius 1 is 1.06 bits per heavy atom. The second-order valence-corrected chi connectivity index (χ2v) is 10.0. The lowest BCUT2D eigenvalue weighted by Crippen LogP contribution is -2.47. The van der Waals surface area contributed by atoms with Crippen molar-refractivity contribution in [3.63, 3.8) is 0 Å². The first-order valence-corrected chi connectivity index (χ1v) is 13.5. The number of rotatable bonds is 10. The second kappa shape index (κ2) is 12.9. The van der Waals surface area contributed by atoms with Crippen LogP contribution in [-0.4, -0.2) is 62.3 Å². The van der Waals surface area contributed by atoms with Gasteiger partial charge in [0.2, 0.25) is 0 Å². The van der Waals surface area contributed by atoms with Gasteiger partial charge in [-0.25, -0.2) is 9.97 Å². The van der Waals surface area contributed by atoms with E-state index in [2.05, 4.69) is 51.3 Å². The van der Waals surface area contributed by atoms with Crippen molar-refractivity contribution in [1.82, 2.24) is 15.3 Å². The van der Waals surface area contributed by atoms with Crippen molar-refractivity contribution < 1.29 is 9.53 Å². The maximum atomic E-state index is 12.4. The molecule has 1 aliphatic heterocycles. The van der Waals surface area contributed by atoms with Gasteiger partial charge >= 0.3 is 0 Å². The van der Waals surface area contributed by atoms with Crippen LogP contribution in [0.15, 0.2) is 59.8 Å². The Morgan fingerprint density at radius 3 is 2.61 bits per heavy atom. The van der Waals surface area contributed by atoms with Gasteiger partial charge in [0, 0.05) is 69.5 Å². The van der Waals surface area contributed by atoms with Crippen molar-refractivity contribution in [3.8, 4) is 0 Å². The summed E-state index contributed by atoms with van der Waals surface area (Å²) in [5.74, 6) is 1.42. The minimum absolute atomic E-state index is 0.0796. The van der Waals surface area contributed by atoms with Crippen molar-refractivity contribution in [3.05, 3.63) is 76.4 Å². The summed E-state index contributed by atoms with van der Waals surface area (Å²) in [5, 5.41) is 4.00. The van der Waals surface area contributed by atoms with Crippen molar-refractivity contribution in [2.24, 2.45) is 0 Å². The van der Waals surface area contributed by atoms with Gasteiger partial charge in [0.25, 0.3) is 5.91 Å². The van der Waals surface area contributed by atoms with Crippen LogP contribution in [-0.2, 0) is 10.5 Å². The van der Waals surface area contributed by atoms with E-state index in [-0.39, 0.29) is 5.91 Å². The molecule has 0 aliphatic carbocycles. The van der Waals surface area contributed by atoms with Crippen LogP contribution in [0.4, 0.5) is 11.5 Å². The zero-order valence-corrected chi connectivity index (χ0v) is 22.3. The molecule has 1 amide bonds. The van der Waals surface area contributed by atoms with Crippen LogP contribution in [0.3, 0.4) is 0 Å². The van der Waals surface area contributed by atoms with Crippen LogP contribution >= 0.6 is 23.4 Å². The van der Waals surface area contributed by atoms with Crippen LogP contribution < -0.4 is 15.1 Å². The summed E-state index contributed by atoms with van der Waals surface area (Å²) in [7, 11) is 1.66. The summed E-state index contributed by atoms with van der Waals surface area (Å²) in [6.07, 6.45) is 0.785. The predicted molar refractivity (Wildman–Crippen MR) is 147 cm³/mol. The van der Waals surface area contributed by atoms with Crippen molar-refractivity contribution in [1.29, 1.82) is 0 Å². The molecule has 0 radical (unpaired) electrons. The molecule has 1 aromatic heterocycles. The number of halogens is 1. The number of piperazine rings is 1. The van der Waals surface area contributed by atoms with Gasteiger partial charge < -0.3 is 19.9 Å². The molecular formula is C27H32ClN5O2S. The third-order valence-corrected chi connectivity index (χ3v) is 7.20. The number of amides is 1. The molecule has 190 valence electrons. The van der Waals surface area contributed by atoms with Gasteiger partial charge in [-0.3, -0.25) is 4.79 Å². The van der Waals surface area contributed by atoms with Gasteiger partial charge in [-0.05, 0) is 42.7 Å². The lowest BCUT2D eigenvalue weighted by atomic mass is 10.1. The summed E-state index contributed by atoms with van der Waals surface area (Å²) in [4.78, 5) is 26.3. The molecule has 9 heteroatoms. The number of nitrogens with zero attached hydrogens (tertiary/aromatic N) is 4. The zero-order chi connectivity index (χ0) is 25.3. The molecule has 0 spiro atoms. The highest BCUT2D eigenvalue weighted by atomic mass is 35.5. The number of hydrogen-bond acceptors (Lipinski definition) is 7. The molecule has 36 heavy (non-hydrogen) atoms. The van der Waals surface area contributed by atoms with E-state index in [1.54, 1.807) is 7.11 Å². The first kappa shape index (κ1) is 26.3. The van der Waals surface area contributed by atoms with E-state index in [4.69, 9.17) is 21.3 Å². The lowest BCUT2D eigenvalue weighted by Gasteiger charge is -2.37. The normalized spacial score (nSPS) is 13.6. The number of carbonyl (C=O) groups is 1. The number of nitrogens with one attached hydrogen (secondary N) is 1. The summed E-state index contributed by atoms with van der Waals surface area (Å²) < 4.78 is 5.02. The number of anilines is 2. The van der Waals surface area contributed by atoms with Crippen molar-refractivity contribution >= 4 is 40.8 Å². The van der Waals surface area contributed by atoms with Crippen LogP contribution in [0.5, 0.6) is 0 Å². The fraction of sp³-hybridized carbons (Fsp3) is 0.370. The van der Waals surface area contributed by atoms with Gasteiger partial charge in [-0.1, -0.05) is 53.7 Å². The highest BCUT2D eigenvalue weighted by Crippen LogP contribution is 2.27. The zero-order valence-electron chi connectivity index (χ0n) is 20.7. The molecule has 1 fully saturated rings. The van der Waals surface area contributed by atoms with E-state index >= 15 is 0 Å². The molecule has 1 saturated heterocycles. The van der Waals surface area contributed by atoms with Crippen molar-refractivity contribution in [2.45, 2.75) is 24.3 Å². The molecule has 0 atom stereocenters. The fourth-order valence-corrected chi connectivity index (χ4v) is 5.20. The smallest absolute Gasteiger partial charge is 0.251 e. The van der Waals surface area contributed by atoms with E-state index < -0.39 is 0 Å².